The molecule has 1 aromatic heterocycles. The summed E-state index contributed by atoms with van der Waals surface area (Å²) in [7, 11) is 0. The van der Waals surface area contributed by atoms with E-state index in [1.54, 1.807) is 48.0 Å². The molecular formula is C16H11FN2O2S. The first-order chi connectivity index (χ1) is 10.7. The van der Waals surface area contributed by atoms with Crippen molar-refractivity contribution in [2.24, 2.45) is 0 Å². The molecule has 0 aliphatic heterocycles. The largest absolute Gasteiger partial charge is 0.457 e. The van der Waals surface area contributed by atoms with E-state index in [9.17, 15) is 9.18 Å². The number of rotatable bonds is 4. The van der Waals surface area contributed by atoms with E-state index in [0.717, 1.165) is 0 Å². The third-order valence-electron chi connectivity index (χ3n) is 2.82. The standard InChI is InChI=1S/C16H11FN2O2S/c17-12-3-7-14(8-4-12)21-13-5-1-11(2-6-13)15(20)19-16-18-9-10-22-16/h1-10H,(H,18,19,20). The minimum atomic E-state index is -0.318. The molecule has 0 aliphatic rings. The molecule has 0 saturated carbocycles. The summed E-state index contributed by atoms with van der Waals surface area (Å²) >= 11 is 1.35. The Bertz CT molecular complexity index is 756. The van der Waals surface area contributed by atoms with E-state index in [1.165, 1.54) is 23.5 Å². The normalized spacial score (nSPS) is 10.2. The number of benzene rings is 2. The third-order valence-corrected chi connectivity index (χ3v) is 3.51. The van der Waals surface area contributed by atoms with Gasteiger partial charge >= 0.3 is 0 Å². The molecule has 1 heterocycles. The Hall–Kier alpha value is -2.73. The van der Waals surface area contributed by atoms with Crippen LogP contribution in [0.3, 0.4) is 0 Å². The quantitative estimate of drug-likeness (QED) is 0.780. The molecule has 1 N–H and O–H groups in total. The smallest absolute Gasteiger partial charge is 0.257 e. The molecular weight excluding hydrogens is 303 g/mol. The predicted octanol–water partition coefficient (Wildman–Crippen LogP) is 4.33. The first-order valence-corrected chi connectivity index (χ1v) is 7.33. The van der Waals surface area contributed by atoms with Gasteiger partial charge in [-0.05, 0) is 48.5 Å². The summed E-state index contributed by atoms with van der Waals surface area (Å²) in [5.41, 5.74) is 0.502. The highest BCUT2D eigenvalue weighted by atomic mass is 32.1. The van der Waals surface area contributed by atoms with Crippen molar-refractivity contribution in [3.05, 3.63) is 71.5 Å². The first-order valence-electron chi connectivity index (χ1n) is 6.45. The molecule has 0 atom stereocenters. The van der Waals surface area contributed by atoms with Crippen molar-refractivity contribution in [3.8, 4) is 11.5 Å². The van der Waals surface area contributed by atoms with Gasteiger partial charge in [0.1, 0.15) is 17.3 Å². The highest BCUT2D eigenvalue weighted by Gasteiger charge is 2.07. The highest BCUT2D eigenvalue weighted by Crippen LogP contribution is 2.22. The molecule has 1 amide bonds. The Balaban J connectivity index is 1.67. The van der Waals surface area contributed by atoms with E-state index in [0.29, 0.717) is 22.2 Å². The molecule has 0 saturated heterocycles. The van der Waals surface area contributed by atoms with Crippen molar-refractivity contribution < 1.29 is 13.9 Å². The van der Waals surface area contributed by atoms with Gasteiger partial charge in [-0.15, -0.1) is 11.3 Å². The van der Waals surface area contributed by atoms with Crippen LogP contribution in [0.25, 0.3) is 0 Å². The number of hydrogen-bond donors (Lipinski definition) is 1. The molecule has 2 aromatic carbocycles. The minimum Gasteiger partial charge on any atom is -0.457 e. The summed E-state index contributed by atoms with van der Waals surface area (Å²) in [6.45, 7) is 0. The maximum Gasteiger partial charge on any atom is 0.257 e. The monoisotopic (exact) mass is 314 g/mol. The van der Waals surface area contributed by atoms with Crippen LogP contribution in [0.1, 0.15) is 10.4 Å². The lowest BCUT2D eigenvalue weighted by Crippen LogP contribution is -2.11. The topological polar surface area (TPSA) is 51.2 Å². The van der Waals surface area contributed by atoms with E-state index >= 15 is 0 Å². The predicted molar refractivity (Wildman–Crippen MR) is 83.0 cm³/mol. The van der Waals surface area contributed by atoms with E-state index < -0.39 is 0 Å². The minimum absolute atomic E-state index is 0.233. The Labute approximate surface area is 130 Å². The lowest BCUT2D eigenvalue weighted by molar-refractivity contribution is 0.102. The van der Waals surface area contributed by atoms with Crippen LogP contribution in [0, 0.1) is 5.82 Å². The number of aromatic nitrogens is 1. The van der Waals surface area contributed by atoms with Gasteiger partial charge in [0, 0.05) is 17.1 Å². The van der Waals surface area contributed by atoms with Crippen LogP contribution in [0.15, 0.2) is 60.1 Å². The number of amides is 1. The highest BCUT2D eigenvalue weighted by molar-refractivity contribution is 7.13. The Kier molecular flexibility index (Phi) is 4.11. The van der Waals surface area contributed by atoms with Crippen LogP contribution >= 0.6 is 11.3 Å². The zero-order valence-electron chi connectivity index (χ0n) is 11.3. The number of carbonyl (C=O) groups excluding carboxylic acids is 1. The Morgan fingerprint density at radius 3 is 2.27 bits per heavy atom. The number of ether oxygens (including phenoxy) is 1. The van der Waals surface area contributed by atoms with Gasteiger partial charge in [-0.3, -0.25) is 10.1 Å². The molecule has 0 spiro atoms. The third kappa shape index (κ3) is 3.48. The fraction of sp³-hybridized carbons (Fsp3) is 0. The van der Waals surface area contributed by atoms with E-state index in [2.05, 4.69) is 10.3 Å². The zero-order chi connectivity index (χ0) is 15.4. The van der Waals surface area contributed by atoms with Gasteiger partial charge in [-0.25, -0.2) is 9.37 Å². The van der Waals surface area contributed by atoms with Gasteiger partial charge in [0.15, 0.2) is 5.13 Å². The van der Waals surface area contributed by atoms with Gasteiger partial charge in [0.25, 0.3) is 5.91 Å². The number of nitrogens with one attached hydrogen (secondary N) is 1. The Morgan fingerprint density at radius 1 is 1.05 bits per heavy atom. The molecule has 0 fully saturated rings. The number of anilines is 1. The average Bonchev–Trinajstić information content (AvgIpc) is 3.03. The van der Waals surface area contributed by atoms with Gasteiger partial charge in [0.05, 0.1) is 0 Å². The number of halogens is 1. The molecule has 4 nitrogen and oxygen atoms in total. The lowest BCUT2D eigenvalue weighted by Gasteiger charge is -2.06. The average molecular weight is 314 g/mol. The van der Waals surface area contributed by atoms with Gasteiger partial charge < -0.3 is 4.74 Å². The Morgan fingerprint density at radius 2 is 1.68 bits per heavy atom. The molecule has 0 bridgehead atoms. The maximum atomic E-state index is 12.8. The molecule has 0 radical (unpaired) electrons. The molecule has 0 aliphatic carbocycles. The van der Waals surface area contributed by atoms with Gasteiger partial charge in [-0.1, -0.05) is 0 Å². The van der Waals surface area contributed by atoms with E-state index in [-0.39, 0.29) is 11.7 Å². The fourth-order valence-corrected chi connectivity index (χ4v) is 2.29. The lowest BCUT2D eigenvalue weighted by atomic mass is 10.2. The second-order valence-electron chi connectivity index (χ2n) is 4.37. The van der Waals surface area contributed by atoms with E-state index in [4.69, 9.17) is 4.74 Å². The molecule has 0 unspecified atom stereocenters. The summed E-state index contributed by atoms with van der Waals surface area (Å²) < 4.78 is 18.4. The molecule has 3 aromatic rings. The van der Waals surface area contributed by atoms with Crippen LogP contribution in [0.2, 0.25) is 0 Å². The summed E-state index contributed by atoms with van der Waals surface area (Å²) in [5, 5.41) is 5.04. The van der Waals surface area contributed by atoms with Gasteiger partial charge in [-0.2, -0.15) is 0 Å². The fourth-order valence-electron chi connectivity index (χ4n) is 1.77. The van der Waals surface area contributed by atoms with Crippen LogP contribution < -0.4 is 10.1 Å². The van der Waals surface area contributed by atoms with Crippen LogP contribution in [-0.2, 0) is 0 Å². The van der Waals surface area contributed by atoms with Crippen LogP contribution in [-0.4, -0.2) is 10.9 Å². The summed E-state index contributed by atoms with van der Waals surface area (Å²) in [6.07, 6.45) is 1.62. The molecule has 3 rings (SSSR count). The van der Waals surface area contributed by atoms with Crippen molar-refractivity contribution in [2.75, 3.05) is 5.32 Å². The second-order valence-corrected chi connectivity index (χ2v) is 5.27. The van der Waals surface area contributed by atoms with Gasteiger partial charge in [0.2, 0.25) is 0 Å². The molecule has 22 heavy (non-hydrogen) atoms. The second kappa shape index (κ2) is 6.36. The first kappa shape index (κ1) is 14.2. The van der Waals surface area contributed by atoms with E-state index in [1.807, 2.05) is 0 Å². The SMILES string of the molecule is O=C(Nc1nccs1)c1ccc(Oc2ccc(F)cc2)cc1. The van der Waals surface area contributed by atoms with Crippen molar-refractivity contribution in [1.29, 1.82) is 0 Å². The molecule has 6 heteroatoms. The summed E-state index contributed by atoms with van der Waals surface area (Å²) in [5.74, 6) is 0.545. The van der Waals surface area contributed by atoms with Crippen molar-refractivity contribution in [1.82, 2.24) is 4.98 Å². The number of nitrogens with zero attached hydrogens (tertiary/aromatic N) is 1. The summed E-state index contributed by atoms with van der Waals surface area (Å²) in [6, 6.07) is 12.4. The maximum absolute atomic E-state index is 12.8. The zero-order valence-corrected chi connectivity index (χ0v) is 12.1. The van der Waals surface area contributed by atoms with Crippen molar-refractivity contribution in [3.63, 3.8) is 0 Å². The van der Waals surface area contributed by atoms with Crippen molar-refractivity contribution in [2.45, 2.75) is 0 Å². The van der Waals surface area contributed by atoms with Crippen LogP contribution in [0.5, 0.6) is 11.5 Å². The number of thiazole rings is 1. The molecule has 110 valence electrons. The summed E-state index contributed by atoms with van der Waals surface area (Å²) in [4.78, 5) is 16.0. The number of carbonyl (C=O) groups is 1. The number of hydrogen-bond acceptors (Lipinski definition) is 4. The van der Waals surface area contributed by atoms with Crippen molar-refractivity contribution >= 4 is 22.4 Å². The van der Waals surface area contributed by atoms with Crippen LogP contribution in [0.4, 0.5) is 9.52 Å².